The van der Waals surface area contributed by atoms with E-state index in [2.05, 4.69) is 15.6 Å². The lowest BCUT2D eigenvalue weighted by Gasteiger charge is -2.11. The molecule has 1 saturated heterocycles. The molecule has 2 N–H and O–H groups in total. The van der Waals surface area contributed by atoms with Crippen molar-refractivity contribution in [1.29, 1.82) is 0 Å². The number of aliphatic hydroxyl groups is 1. The maximum absolute atomic E-state index is 9.41. The molecule has 1 fully saturated rings. The highest BCUT2D eigenvalue weighted by atomic mass is 16.3. The van der Waals surface area contributed by atoms with Crippen LogP contribution in [0.1, 0.15) is 6.04 Å². The Kier molecular flexibility index (Phi) is 1.59. The molecule has 1 aliphatic rings. The van der Waals surface area contributed by atoms with E-state index < -0.39 is 0 Å². The molecule has 0 spiro atoms. The fourth-order valence-electron chi connectivity index (χ4n) is 1.32. The minimum atomic E-state index is -0.336. The standard InChI is InChI=1S/C6H10N4O/c11-6-4-7-3-5(6)10-2-1-8-9-10/h1-2,5-7,11H,3-4H2/t5-,6+/m1/s1. The van der Waals surface area contributed by atoms with Crippen molar-refractivity contribution in [2.24, 2.45) is 0 Å². The molecule has 5 nitrogen and oxygen atoms in total. The van der Waals surface area contributed by atoms with Crippen LogP contribution in [0.5, 0.6) is 0 Å². The van der Waals surface area contributed by atoms with E-state index in [-0.39, 0.29) is 12.1 Å². The van der Waals surface area contributed by atoms with Gasteiger partial charge in [-0.25, -0.2) is 4.68 Å². The summed E-state index contributed by atoms with van der Waals surface area (Å²) in [6, 6.07) is 0.0532. The van der Waals surface area contributed by atoms with E-state index in [4.69, 9.17) is 0 Å². The molecule has 0 radical (unpaired) electrons. The Morgan fingerprint density at radius 2 is 2.45 bits per heavy atom. The molecular formula is C6H10N4O. The largest absolute Gasteiger partial charge is 0.390 e. The number of nitrogens with one attached hydrogen (secondary N) is 1. The van der Waals surface area contributed by atoms with Crippen LogP contribution in [0.2, 0.25) is 0 Å². The molecule has 0 amide bonds. The van der Waals surface area contributed by atoms with Gasteiger partial charge in [0.15, 0.2) is 0 Å². The van der Waals surface area contributed by atoms with Crippen molar-refractivity contribution in [2.45, 2.75) is 12.1 Å². The van der Waals surface area contributed by atoms with Gasteiger partial charge in [-0.05, 0) is 0 Å². The van der Waals surface area contributed by atoms with Crippen molar-refractivity contribution in [2.75, 3.05) is 13.1 Å². The molecule has 2 rings (SSSR count). The van der Waals surface area contributed by atoms with Gasteiger partial charge in [-0.1, -0.05) is 5.21 Å². The van der Waals surface area contributed by atoms with Crippen LogP contribution < -0.4 is 5.32 Å². The number of aliphatic hydroxyl groups excluding tert-OH is 1. The zero-order valence-corrected chi connectivity index (χ0v) is 6.01. The monoisotopic (exact) mass is 154 g/mol. The third-order valence-corrected chi connectivity index (χ3v) is 1.93. The minimum Gasteiger partial charge on any atom is -0.390 e. The van der Waals surface area contributed by atoms with Gasteiger partial charge < -0.3 is 10.4 Å². The lowest BCUT2D eigenvalue weighted by Crippen LogP contribution is -2.22. The summed E-state index contributed by atoms with van der Waals surface area (Å²) in [4.78, 5) is 0. The summed E-state index contributed by atoms with van der Waals surface area (Å²) in [6.45, 7) is 1.41. The zero-order chi connectivity index (χ0) is 7.68. The second-order valence-electron chi connectivity index (χ2n) is 2.68. The van der Waals surface area contributed by atoms with E-state index in [1.54, 1.807) is 17.1 Å². The van der Waals surface area contributed by atoms with Gasteiger partial charge in [0.1, 0.15) is 0 Å². The van der Waals surface area contributed by atoms with Crippen LogP contribution in [0.3, 0.4) is 0 Å². The van der Waals surface area contributed by atoms with Gasteiger partial charge in [0, 0.05) is 19.3 Å². The van der Waals surface area contributed by atoms with Gasteiger partial charge in [-0.2, -0.15) is 0 Å². The number of rotatable bonds is 1. The van der Waals surface area contributed by atoms with Crippen LogP contribution in [0.25, 0.3) is 0 Å². The van der Waals surface area contributed by atoms with Crippen LogP contribution in [0.15, 0.2) is 12.4 Å². The van der Waals surface area contributed by atoms with E-state index in [9.17, 15) is 5.11 Å². The van der Waals surface area contributed by atoms with Crippen LogP contribution in [0.4, 0.5) is 0 Å². The Hall–Kier alpha value is -0.940. The van der Waals surface area contributed by atoms with Gasteiger partial charge in [0.2, 0.25) is 0 Å². The topological polar surface area (TPSA) is 63.0 Å². The Morgan fingerprint density at radius 3 is 3.00 bits per heavy atom. The van der Waals surface area contributed by atoms with E-state index in [0.717, 1.165) is 6.54 Å². The number of β-amino-alcohol motifs (C(OH)–C–C–N with tert-alkyl or cyclic N) is 1. The number of hydrogen-bond acceptors (Lipinski definition) is 4. The molecule has 0 aliphatic carbocycles. The first-order valence-corrected chi connectivity index (χ1v) is 3.62. The van der Waals surface area contributed by atoms with Crippen LogP contribution in [-0.4, -0.2) is 39.3 Å². The first kappa shape index (κ1) is 6.75. The number of nitrogens with zero attached hydrogens (tertiary/aromatic N) is 3. The van der Waals surface area contributed by atoms with Gasteiger partial charge in [-0.15, -0.1) is 5.10 Å². The first-order valence-electron chi connectivity index (χ1n) is 3.62. The second kappa shape index (κ2) is 2.60. The average Bonchev–Trinajstić information content (AvgIpc) is 2.55. The minimum absolute atomic E-state index is 0.0532. The Labute approximate surface area is 64.0 Å². The van der Waals surface area contributed by atoms with Crippen molar-refractivity contribution < 1.29 is 5.11 Å². The van der Waals surface area contributed by atoms with E-state index in [1.165, 1.54) is 0 Å². The molecule has 2 atom stereocenters. The summed E-state index contributed by atoms with van der Waals surface area (Å²) in [5.74, 6) is 0. The van der Waals surface area contributed by atoms with Crippen molar-refractivity contribution in [3.8, 4) is 0 Å². The van der Waals surface area contributed by atoms with Crippen LogP contribution in [-0.2, 0) is 0 Å². The van der Waals surface area contributed by atoms with Crippen molar-refractivity contribution in [3.05, 3.63) is 12.4 Å². The van der Waals surface area contributed by atoms with E-state index in [0.29, 0.717) is 6.54 Å². The molecule has 0 saturated carbocycles. The highest BCUT2D eigenvalue weighted by Crippen LogP contribution is 2.12. The summed E-state index contributed by atoms with van der Waals surface area (Å²) in [5.41, 5.74) is 0. The van der Waals surface area contributed by atoms with Gasteiger partial charge >= 0.3 is 0 Å². The molecule has 5 heteroatoms. The number of aromatic nitrogens is 3. The summed E-state index contributed by atoms with van der Waals surface area (Å²) in [6.07, 6.45) is 3.04. The SMILES string of the molecule is O[C@H]1CNC[C@H]1n1ccnn1. The summed E-state index contributed by atoms with van der Waals surface area (Å²) in [5, 5.41) is 20.0. The third kappa shape index (κ3) is 1.12. The van der Waals surface area contributed by atoms with E-state index >= 15 is 0 Å². The molecule has 0 bridgehead atoms. The molecule has 60 valence electrons. The molecule has 0 aromatic carbocycles. The van der Waals surface area contributed by atoms with Crippen LogP contribution in [0, 0.1) is 0 Å². The van der Waals surface area contributed by atoms with Gasteiger partial charge in [-0.3, -0.25) is 0 Å². The Bertz CT molecular complexity index is 222. The highest BCUT2D eigenvalue weighted by molar-refractivity contribution is 4.85. The predicted octanol–water partition coefficient (Wildman–Crippen LogP) is -1.22. The molecule has 0 unspecified atom stereocenters. The van der Waals surface area contributed by atoms with Crippen LogP contribution >= 0.6 is 0 Å². The molecule has 1 aromatic heterocycles. The summed E-state index contributed by atoms with van der Waals surface area (Å²) in [7, 11) is 0. The van der Waals surface area contributed by atoms with Gasteiger partial charge in [0.05, 0.1) is 18.3 Å². The van der Waals surface area contributed by atoms with E-state index in [1.807, 2.05) is 0 Å². The first-order chi connectivity index (χ1) is 5.38. The Morgan fingerprint density at radius 1 is 1.55 bits per heavy atom. The smallest absolute Gasteiger partial charge is 0.0932 e. The maximum atomic E-state index is 9.41. The summed E-state index contributed by atoms with van der Waals surface area (Å²) < 4.78 is 1.69. The normalized spacial score (nSPS) is 31.0. The summed E-state index contributed by atoms with van der Waals surface area (Å²) >= 11 is 0. The van der Waals surface area contributed by atoms with Crippen molar-refractivity contribution in [3.63, 3.8) is 0 Å². The zero-order valence-electron chi connectivity index (χ0n) is 6.01. The predicted molar refractivity (Wildman–Crippen MR) is 37.9 cm³/mol. The molecular weight excluding hydrogens is 144 g/mol. The van der Waals surface area contributed by atoms with Crippen molar-refractivity contribution >= 4 is 0 Å². The van der Waals surface area contributed by atoms with Crippen molar-refractivity contribution in [1.82, 2.24) is 20.3 Å². The highest BCUT2D eigenvalue weighted by Gasteiger charge is 2.26. The van der Waals surface area contributed by atoms with Gasteiger partial charge in [0.25, 0.3) is 0 Å². The lowest BCUT2D eigenvalue weighted by atomic mass is 10.2. The molecule has 2 heterocycles. The molecule has 1 aliphatic heterocycles. The average molecular weight is 154 g/mol. The number of hydrogen-bond donors (Lipinski definition) is 2. The third-order valence-electron chi connectivity index (χ3n) is 1.93. The maximum Gasteiger partial charge on any atom is 0.0932 e. The Balaban J connectivity index is 2.16. The quantitative estimate of drug-likeness (QED) is 0.532. The fourth-order valence-corrected chi connectivity index (χ4v) is 1.32. The molecule has 1 aromatic rings. The second-order valence-corrected chi connectivity index (χ2v) is 2.68. The lowest BCUT2D eigenvalue weighted by molar-refractivity contribution is 0.143. The molecule has 11 heavy (non-hydrogen) atoms. The fraction of sp³-hybridized carbons (Fsp3) is 0.667.